The first-order valence-corrected chi connectivity index (χ1v) is 9.04. The molecule has 0 spiro atoms. The molecule has 7 heteroatoms. The molecule has 1 amide bonds. The minimum absolute atomic E-state index is 0.215. The number of aryl methyl sites for hydroxylation is 2. The first-order valence-electron chi connectivity index (χ1n) is 9.04. The van der Waals surface area contributed by atoms with Gasteiger partial charge < -0.3 is 19.6 Å². The number of ether oxygens (including phenoxy) is 1. The average molecular weight is 368 g/mol. The van der Waals surface area contributed by atoms with Gasteiger partial charge in [-0.1, -0.05) is 19.1 Å². The molecule has 2 aromatic heterocycles. The number of fused-ring (bicyclic) bond motifs is 1. The van der Waals surface area contributed by atoms with Crippen LogP contribution in [0.4, 0.5) is 0 Å². The zero-order chi connectivity index (χ0) is 19.4. The lowest BCUT2D eigenvalue weighted by Gasteiger charge is -2.07. The van der Waals surface area contributed by atoms with Gasteiger partial charge in [-0.3, -0.25) is 4.79 Å². The number of rotatable bonds is 7. The summed E-state index contributed by atoms with van der Waals surface area (Å²) in [5.74, 6) is -0.639. The molecule has 0 fully saturated rings. The van der Waals surface area contributed by atoms with Crippen LogP contribution in [-0.4, -0.2) is 40.1 Å². The number of H-pyrrole nitrogens is 1. The monoisotopic (exact) mass is 368 g/mol. The first-order chi connectivity index (χ1) is 13.1. The van der Waals surface area contributed by atoms with E-state index < -0.39 is 5.97 Å². The zero-order valence-corrected chi connectivity index (χ0v) is 15.8. The lowest BCUT2D eigenvalue weighted by atomic mass is 10.1. The van der Waals surface area contributed by atoms with E-state index in [4.69, 9.17) is 4.74 Å². The lowest BCUT2D eigenvalue weighted by Crippen LogP contribution is -2.26. The van der Waals surface area contributed by atoms with E-state index in [9.17, 15) is 9.59 Å². The summed E-state index contributed by atoms with van der Waals surface area (Å²) in [4.78, 5) is 31.9. The van der Waals surface area contributed by atoms with E-state index in [2.05, 4.69) is 19.9 Å². The number of carbonyl (C=O) groups excluding carboxylic acids is 2. The number of imidazole rings is 1. The van der Waals surface area contributed by atoms with Crippen molar-refractivity contribution in [3.63, 3.8) is 0 Å². The number of amides is 1. The van der Waals surface area contributed by atoms with Gasteiger partial charge in [-0.05, 0) is 37.5 Å². The normalized spacial score (nSPS) is 10.9. The summed E-state index contributed by atoms with van der Waals surface area (Å²) in [7, 11) is 1.34. The Morgan fingerprint density at radius 2 is 2.07 bits per heavy atom. The minimum Gasteiger partial charge on any atom is -0.465 e. The van der Waals surface area contributed by atoms with Gasteiger partial charge in [0.2, 0.25) is 0 Å². The molecule has 2 N–H and O–H groups in total. The Hall–Kier alpha value is -3.09. The van der Waals surface area contributed by atoms with E-state index in [1.165, 1.54) is 7.11 Å². The zero-order valence-electron chi connectivity index (χ0n) is 15.8. The fourth-order valence-electron chi connectivity index (χ4n) is 3.26. The van der Waals surface area contributed by atoms with E-state index in [-0.39, 0.29) is 5.91 Å². The molecule has 7 nitrogen and oxygen atoms in total. The van der Waals surface area contributed by atoms with Crippen molar-refractivity contribution < 1.29 is 14.3 Å². The molecule has 0 radical (unpaired) electrons. The summed E-state index contributed by atoms with van der Waals surface area (Å²) >= 11 is 0. The molecule has 0 saturated carbocycles. The maximum atomic E-state index is 12.5. The molecule has 142 valence electrons. The highest BCUT2D eigenvalue weighted by Gasteiger charge is 2.23. The molecular weight excluding hydrogens is 344 g/mol. The fraction of sp³-hybridized carbons (Fsp3) is 0.350. The highest BCUT2D eigenvalue weighted by molar-refractivity contribution is 6.00. The Morgan fingerprint density at radius 3 is 2.81 bits per heavy atom. The summed E-state index contributed by atoms with van der Waals surface area (Å²) in [5, 5.41) is 2.92. The van der Waals surface area contributed by atoms with E-state index in [1.807, 2.05) is 37.5 Å². The van der Waals surface area contributed by atoms with Crippen LogP contribution in [0.2, 0.25) is 0 Å². The van der Waals surface area contributed by atoms with Crippen LogP contribution in [0.3, 0.4) is 0 Å². The number of hydrogen-bond acceptors (Lipinski definition) is 4. The minimum atomic E-state index is -0.424. The molecule has 3 aromatic rings. The van der Waals surface area contributed by atoms with Crippen LogP contribution in [0, 0.1) is 6.92 Å². The molecule has 0 atom stereocenters. The number of nitrogens with zero attached hydrogens (tertiary/aromatic N) is 2. The number of carbonyl (C=O) groups is 2. The van der Waals surface area contributed by atoms with Crippen LogP contribution in [0.1, 0.15) is 45.4 Å². The number of aromatic nitrogens is 3. The van der Waals surface area contributed by atoms with Gasteiger partial charge in [-0.2, -0.15) is 0 Å². The third-order valence-corrected chi connectivity index (χ3v) is 4.69. The summed E-state index contributed by atoms with van der Waals surface area (Å²) < 4.78 is 6.90. The molecule has 0 aliphatic heterocycles. The van der Waals surface area contributed by atoms with Crippen LogP contribution in [-0.2, 0) is 17.7 Å². The van der Waals surface area contributed by atoms with Crippen LogP contribution in [0.15, 0.2) is 30.6 Å². The quantitative estimate of drug-likeness (QED) is 0.496. The standard InChI is InChI=1S/C20H24N4O3/c1-4-14-17(20(26)27-3)13(2)18(23-14)19(25)21-10-7-11-24-12-22-15-8-5-6-9-16(15)24/h5-6,8-9,12,23H,4,7,10-11H2,1-3H3,(H,21,25). The Bertz CT molecular complexity index is 971. The van der Waals surface area contributed by atoms with Crippen LogP contribution in [0.5, 0.6) is 0 Å². The molecule has 3 rings (SSSR count). The van der Waals surface area contributed by atoms with Gasteiger partial charge in [0, 0.05) is 18.8 Å². The third kappa shape index (κ3) is 3.72. The van der Waals surface area contributed by atoms with Gasteiger partial charge in [-0.15, -0.1) is 0 Å². The largest absolute Gasteiger partial charge is 0.465 e. The average Bonchev–Trinajstić information content (AvgIpc) is 3.25. The predicted molar refractivity (Wildman–Crippen MR) is 103 cm³/mol. The molecule has 0 saturated heterocycles. The van der Waals surface area contributed by atoms with Gasteiger partial charge in [0.1, 0.15) is 5.69 Å². The lowest BCUT2D eigenvalue weighted by molar-refractivity contribution is 0.0599. The molecule has 0 aliphatic carbocycles. The highest BCUT2D eigenvalue weighted by Crippen LogP contribution is 2.20. The summed E-state index contributed by atoms with van der Waals surface area (Å²) in [6.45, 7) is 4.97. The molecule has 1 aromatic carbocycles. The first kappa shape index (κ1) is 18.7. The SMILES string of the molecule is CCc1[nH]c(C(=O)NCCCn2cnc3ccccc32)c(C)c1C(=O)OC. The van der Waals surface area contributed by atoms with E-state index in [1.54, 1.807) is 6.92 Å². The van der Waals surface area contributed by atoms with Crippen molar-refractivity contribution in [1.82, 2.24) is 19.9 Å². The molecule has 0 unspecified atom stereocenters. The Kier molecular flexibility index (Phi) is 5.59. The number of para-hydroxylation sites is 2. The van der Waals surface area contributed by atoms with E-state index in [0.29, 0.717) is 29.8 Å². The maximum Gasteiger partial charge on any atom is 0.339 e. The Labute approximate surface area is 157 Å². The van der Waals surface area contributed by atoms with Crippen LogP contribution < -0.4 is 5.32 Å². The summed E-state index contributed by atoms with van der Waals surface area (Å²) in [5.41, 5.74) is 4.26. The molecule has 0 bridgehead atoms. The number of benzene rings is 1. The second-order valence-electron chi connectivity index (χ2n) is 6.36. The second-order valence-corrected chi connectivity index (χ2v) is 6.36. The molecular formula is C20H24N4O3. The van der Waals surface area contributed by atoms with Gasteiger partial charge in [-0.25, -0.2) is 9.78 Å². The Balaban J connectivity index is 1.61. The fourth-order valence-corrected chi connectivity index (χ4v) is 3.26. The third-order valence-electron chi connectivity index (χ3n) is 4.69. The van der Waals surface area contributed by atoms with Gasteiger partial charge in [0.15, 0.2) is 0 Å². The van der Waals surface area contributed by atoms with Crippen molar-refractivity contribution in [2.75, 3.05) is 13.7 Å². The number of esters is 1. The number of aromatic amines is 1. The van der Waals surface area contributed by atoms with Crippen LogP contribution in [0.25, 0.3) is 11.0 Å². The van der Waals surface area contributed by atoms with Crippen molar-refractivity contribution in [3.05, 3.63) is 53.1 Å². The molecule has 0 aliphatic rings. The van der Waals surface area contributed by atoms with Crippen molar-refractivity contribution in [3.8, 4) is 0 Å². The van der Waals surface area contributed by atoms with Crippen molar-refractivity contribution in [2.24, 2.45) is 0 Å². The number of methoxy groups -OCH3 is 1. The van der Waals surface area contributed by atoms with Crippen molar-refractivity contribution in [2.45, 2.75) is 33.2 Å². The maximum absolute atomic E-state index is 12.5. The van der Waals surface area contributed by atoms with Gasteiger partial charge in [0.05, 0.1) is 30.0 Å². The van der Waals surface area contributed by atoms with E-state index in [0.717, 1.165) is 29.7 Å². The molecule has 27 heavy (non-hydrogen) atoms. The van der Waals surface area contributed by atoms with Gasteiger partial charge >= 0.3 is 5.97 Å². The summed E-state index contributed by atoms with van der Waals surface area (Å²) in [6, 6.07) is 7.96. The topological polar surface area (TPSA) is 89.0 Å². The summed E-state index contributed by atoms with van der Waals surface area (Å²) in [6.07, 6.45) is 3.21. The predicted octanol–water partition coefficient (Wildman–Crippen LogP) is 2.84. The van der Waals surface area contributed by atoms with Crippen LogP contribution >= 0.6 is 0 Å². The molecule has 2 heterocycles. The number of nitrogens with one attached hydrogen (secondary N) is 2. The van der Waals surface area contributed by atoms with Crippen molar-refractivity contribution in [1.29, 1.82) is 0 Å². The highest BCUT2D eigenvalue weighted by atomic mass is 16.5. The number of hydrogen-bond donors (Lipinski definition) is 2. The van der Waals surface area contributed by atoms with E-state index >= 15 is 0 Å². The second kappa shape index (κ2) is 8.07. The smallest absolute Gasteiger partial charge is 0.339 e. The van der Waals surface area contributed by atoms with Crippen molar-refractivity contribution >= 4 is 22.9 Å². The Morgan fingerprint density at radius 1 is 1.30 bits per heavy atom. The van der Waals surface area contributed by atoms with Gasteiger partial charge in [0.25, 0.3) is 5.91 Å².